The SMILES string of the molecule is C=C(C1CN(SC)C1)N(Cc1ccc(C2=NN=C(C(F)F)C2)cc1F)c1ccccc1. The molecule has 0 radical (unpaired) electrons. The topological polar surface area (TPSA) is 31.2 Å². The second-order valence-electron chi connectivity index (χ2n) is 7.56. The van der Waals surface area contributed by atoms with E-state index in [1.54, 1.807) is 24.1 Å². The average molecular weight is 445 g/mol. The molecule has 0 N–H and O–H groups in total. The van der Waals surface area contributed by atoms with Crippen LogP contribution in [0.25, 0.3) is 0 Å². The lowest BCUT2D eigenvalue weighted by Gasteiger charge is -2.42. The fraction of sp³-hybridized carbons (Fsp3) is 0.304. The Labute approximate surface area is 184 Å². The van der Waals surface area contributed by atoms with Crippen LogP contribution in [0, 0.1) is 11.7 Å². The molecule has 0 aromatic heterocycles. The highest BCUT2D eigenvalue weighted by molar-refractivity contribution is 7.96. The molecular weight excluding hydrogens is 421 g/mol. The second kappa shape index (κ2) is 9.28. The normalized spacial score (nSPS) is 16.8. The maximum atomic E-state index is 15.0. The Kier molecular flexibility index (Phi) is 6.48. The summed E-state index contributed by atoms with van der Waals surface area (Å²) in [7, 11) is 0. The Morgan fingerprint density at radius 3 is 2.55 bits per heavy atom. The lowest BCUT2D eigenvalue weighted by atomic mass is 9.97. The second-order valence-corrected chi connectivity index (χ2v) is 8.44. The predicted molar refractivity (Wildman–Crippen MR) is 121 cm³/mol. The Morgan fingerprint density at radius 1 is 1.19 bits per heavy atom. The van der Waals surface area contributed by atoms with E-state index in [0.717, 1.165) is 24.5 Å². The van der Waals surface area contributed by atoms with Gasteiger partial charge in [0.2, 0.25) is 0 Å². The number of hydrogen-bond donors (Lipinski definition) is 0. The van der Waals surface area contributed by atoms with E-state index in [1.165, 1.54) is 6.07 Å². The molecule has 2 aliphatic heterocycles. The van der Waals surface area contributed by atoms with Crippen molar-refractivity contribution in [2.24, 2.45) is 16.1 Å². The zero-order chi connectivity index (χ0) is 22.0. The molecule has 1 fully saturated rings. The largest absolute Gasteiger partial charge is 0.341 e. The first-order valence-electron chi connectivity index (χ1n) is 9.97. The van der Waals surface area contributed by atoms with E-state index in [0.29, 0.717) is 29.3 Å². The van der Waals surface area contributed by atoms with Crippen LogP contribution in [-0.4, -0.2) is 41.5 Å². The van der Waals surface area contributed by atoms with E-state index < -0.39 is 12.2 Å². The highest BCUT2D eigenvalue weighted by Crippen LogP contribution is 2.33. The van der Waals surface area contributed by atoms with Crippen LogP contribution in [0.2, 0.25) is 0 Å². The summed E-state index contributed by atoms with van der Waals surface area (Å²) >= 11 is 1.71. The van der Waals surface area contributed by atoms with Crippen molar-refractivity contribution in [3.63, 3.8) is 0 Å². The van der Waals surface area contributed by atoms with Crippen molar-refractivity contribution in [2.75, 3.05) is 24.2 Å². The van der Waals surface area contributed by atoms with Crippen molar-refractivity contribution in [2.45, 2.75) is 19.4 Å². The Hall–Kier alpha value is -2.58. The summed E-state index contributed by atoms with van der Waals surface area (Å²) in [6.07, 6.45) is -0.657. The molecule has 0 bridgehead atoms. The van der Waals surface area contributed by atoms with Crippen LogP contribution in [0.5, 0.6) is 0 Å². The smallest absolute Gasteiger partial charge is 0.278 e. The van der Waals surface area contributed by atoms with Gasteiger partial charge in [-0.2, -0.15) is 10.2 Å². The van der Waals surface area contributed by atoms with Gasteiger partial charge in [0.15, 0.2) is 0 Å². The van der Waals surface area contributed by atoms with Crippen molar-refractivity contribution < 1.29 is 13.2 Å². The van der Waals surface area contributed by atoms with Gasteiger partial charge in [-0.15, -0.1) is 0 Å². The molecule has 0 aliphatic carbocycles. The van der Waals surface area contributed by atoms with E-state index in [2.05, 4.69) is 27.3 Å². The third-order valence-electron chi connectivity index (χ3n) is 5.61. The van der Waals surface area contributed by atoms with Crippen molar-refractivity contribution in [1.29, 1.82) is 0 Å². The van der Waals surface area contributed by atoms with E-state index in [9.17, 15) is 8.78 Å². The summed E-state index contributed by atoms with van der Waals surface area (Å²) in [6.45, 7) is 6.47. The maximum Gasteiger partial charge on any atom is 0.278 e. The zero-order valence-corrected chi connectivity index (χ0v) is 18.0. The molecule has 31 heavy (non-hydrogen) atoms. The molecule has 4 rings (SSSR count). The molecular formula is C23H23F3N4S. The fourth-order valence-corrected chi connectivity index (χ4v) is 4.32. The van der Waals surface area contributed by atoms with Crippen molar-refractivity contribution in [1.82, 2.24) is 4.31 Å². The molecule has 0 amide bonds. The summed E-state index contributed by atoms with van der Waals surface area (Å²) in [6, 6.07) is 14.6. The first kappa shape index (κ1) is 21.6. The molecule has 0 saturated carbocycles. The quantitative estimate of drug-likeness (QED) is 0.513. The monoisotopic (exact) mass is 444 g/mol. The highest BCUT2D eigenvalue weighted by Gasteiger charge is 2.31. The lowest BCUT2D eigenvalue weighted by Crippen LogP contribution is -2.46. The Morgan fingerprint density at radius 2 is 1.94 bits per heavy atom. The highest BCUT2D eigenvalue weighted by atomic mass is 32.2. The standard InChI is InChI=1S/C23H23F3N4S/c1-15(18-12-29(13-18)31-2)30(19-6-4-3-5-7-19)14-17-9-8-16(10-20(17)24)21-11-22(23(25)26)28-27-21/h3-10,18,23H,1,11-14H2,2H3. The van der Waals surface area contributed by atoms with Crippen molar-refractivity contribution in [3.8, 4) is 0 Å². The molecule has 2 aromatic carbocycles. The van der Waals surface area contributed by atoms with E-state index in [1.807, 2.05) is 35.2 Å². The minimum absolute atomic E-state index is 0.0585. The number of para-hydroxylation sites is 1. The van der Waals surface area contributed by atoms with Gasteiger partial charge in [0.25, 0.3) is 6.43 Å². The minimum Gasteiger partial charge on any atom is -0.341 e. The third-order valence-corrected chi connectivity index (χ3v) is 6.42. The number of alkyl halides is 2. The molecule has 1 saturated heterocycles. The summed E-state index contributed by atoms with van der Waals surface area (Å²) in [5.74, 6) is -0.0912. The Bertz CT molecular complexity index is 1020. The lowest BCUT2D eigenvalue weighted by molar-refractivity contribution is 0.224. The summed E-state index contributed by atoms with van der Waals surface area (Å²) in [5, 5.41) is 7.31. The van der Waals surface area contributed by atoms with Gasteiger partial charge >= 0.3 is 0 Å². The number of hydrogen-bond acceptors (Lipinski definition) is 5. The summed E-state index contributed by atoms with van der Waals surface area (Å²) < 4.78 is 42.9. The summed E-state index contributed by atoms with van der Waals surface area (Å²) in [4.78, 5) is 2.05. The van der Waals surface area contributed by atoms with Gasteiger partial charge in [-0.05, 0) is 24.5 Å². The van der Waals surface area contributed by atoms with E-state index in [4.69, 9.17) is 0 Å². The van der Waals surface area contributed by atoms with E-state index >= 15 is 4.39 Å². The van der Waals surface area contributed by atoms with Crippen LogP contribution in [-0.2, 0) is 6.54 Å². The van der Waals surface area contributed by atoms with Gasteiger partial charge in [0.05, 0.1) is 12.3 Å². The van der Waals surface area contributed by atoms with Crippen LogP contribution in [0.3, 0.4) is 0 Å². The Balaban J connectivity index is 1.53. The van der Waals surface area contributed by atoms with Gasteiger partial charge < -0.3 is 4.90 Å². The molecule has 2 aromatic rings. The molecule has 0 unspecified atom stereocenters. The number of halogens is 3. The van der Waals surface area contributed by atoms with Crippen molar-refractivity contribution >= 4 is 29.1 Å². The summed E-state index contributed by atoms with van der Waals surface area (Å²) in [5.41, 5.74) is 2.95. The number of rotatable bonds is 8. The predicted octanol–water partition coefficient (Wildman–Crippen LogP) is 5.37. The molecule has 2 heterocycles. The first-order valence-corrected chi connectivity index (χ1v) is 11.1. The molecule has 4 nitrogen and oxygen atoms in total. The van der Waals surface area contributed by atoms with E-state index in [-0.39, 0.29) is 12.1 Å². The number of benzene rings is 2. The van der Waals surface area contributed by atoms with Gasteiger partial charge in [0.1, 0.15) is 11.5 Å². The molecule has 0 spiro atoms. The van der Waals surface area contributed by atoms with Gasteiger partial charge in [0, 0.05) is 47.9 Å². The van der Waals surface area contributed by atoms with Crippen LogP contribution < -0.4 is 4.90 Å². The molecule has 162 valence electrons. The molecule has 0 atom stereocenters. The van der Waals surface area contributed by atoms with Gasteiger partial charge in [-0.3, -0.25) is 0 Å². The average Bonchev–Trinajstić information content (AvgIpc) is 3.23. The first-order chi connectivity index (χ1) is 15.0. The third kappa shape index (κ3) is 4.70. The zero-order valence-electron chi connectivity index (χ0n) is 17.1. The number of nitrogens with zero attached hydrogens (tertiary/aromatic N) is 4. The van der Waals surface area contributed by atoms with Crippen molar-refractivity contribution in [3.05, 3.63) is 77.8 Å². The molecule has 8 heteroatoms. The minimum atomic E-state index is -2.65. The van der Waals surface area contributed by atoms with Crippen LogP contribution in [0.4, 0.5) is 18.9 Å². The van der Waals surface area contributed by atoms with Gasteiger partial charge in [-0.1, -0.05) is 48.9 Å². The van der Waals surface area contributed by atoms with Crippen LogP contribution in [0.15, 0.2) is 71.0 Å². The van der Waals surface area contributed by atoms with Crippen LogP contribution in [0.1, 0.15) is 17.5 Å². The maximum absolute atomic E-state index is 15.0. The fourth-order valence-electron chi connectivity index (χ4n) is 3.66. The van der Waals surface area contributed by atoms with Crippen LogP contribution >= 0.6 is 11.9 Å². The van der Waals surface area contributed by atoms with Gasteiger partial charge in [-0.25, -0.2) is 17.5 Å². The molecule has 2 aliphatic rings. The number of anilines is 1.